The summed E-state index contributed by atoms with van der Waals surface area (Å²) in [6, 6.07) is 8.76. The molecular formula is C23H32N4O6S. The van der Waals surface area contributed by atoms with Crippen molar-refractivity contribution in [2.45, 2.75) is 51.5 Å². The molecule has 0 spiro atoms. The quantitative estimate of drug-likeness (QED) is 0.578. The van der Waals surface area contributed by atoms with Gasteiger partial charge in [0, 0.05) is 23.9 Å². The summed E-state index contributed by atoms with van der Waals surface area (Å²) in [5.74, 6) is 0.646. The van der Waals surface area contributed by atoms with E-state index in [9.17, 15) is 13.2 Å². The van der Waals surface area contributed by atoms with E-state index in [1.165, 1.54) is 0 Å². The van der Waals surface area contributed by atoms with Crippen molar-refractivity contribution < 1.29 is 26.9 Å². The molecule has 34 heavy (non-hydrogen) atoms. The third-order valence-corrected chi connectivity index (χ3v) is 6.28. The van der Waals surface area contributed by atoms with Crippen LogP contribution in [0.5, 0.6) is 0 Å². The molecular weight excluding hydrogens is 460 g/mol. The first-order valence-corrected chi connectivity index (χ1v) is 12.7. The average Bonchev–Trinajstić information content (AvgIpc) is 2.77. The van der Waals surface area contributed by atoms with E-state index < -0.39 is 21.8 Å². The number of anilines is 2. The molecule has 1 atom stereocenters. The van der Waals surface area contributed by atoms with Crippen LogP contribution in [0.2, 0.25) is 0 Å². The van der Waals surface area contributed by atoms with Crippen LogP contribution in [0.1, 0.15) is 39.8 Å². The fourth-order valence-corrected chi connectivity index (χ4v) is 4.12. The summed E-state index contributed by atoms with van der Waals surface area (Å²) in [7, 11) is -2.64. The highest BCUT2D eigenvalue weighted by Crippen LogP contribution is 2.26. The number of aromatic nitrogens is 2. The summed E-state index contributed by atoms with van der Waals surface area (Å²) < 4.78 is 39.7. The van der Waals surface area contributed by atoms with Crippen molar-refractivity contribution in [2.24, 2.45) is 0 Å². The van der Waals surface area contributed by atoms with Crippen molar-refractivity contribution in [2.75, 3.05) is 37.1 Å². The lowest BCUT2D eigenvalue weighted by molar-refractivity contribution is 0.0636. The normalized spacial score (nSPS) is 16.9. The number of rotatable bonds is 7. The Bertz CT molecular complexity index is 1100. The number of morpholine rings is 1. The monoisotopic (exact) mass is 492 g/mol. The van der Waals surface area contributed by atoms with Crippen molar-refractivity contribution in [1.82, 2.24) is 9.97 Å². The van der Waals surface area contributed by atoms with E-state index in [1.54, 1.807) is 51.1 Å². The minimum Gasteiger partial charge on any atom is -0.444 e. The van der Waals surface area contributed by atoms with Gasteiger partial charge in [0.15, 0.2) is 5.82 Å². The predicted molar refractivity (Wildman–Crippen MR) is 129 cm³/mol. The van der Waals surface area contributed by atoms with Crippen LogP contribution in [0.4, 0.5) is 16.3 Å². The van der Waals surface area contributed by atoms with Crippen LogP contribution in [-0.2, 0) is 29.5 Å². The molecule has 0 bridgehead atoms. The molecule has 1 aliphatic rings. The first kappa shape index (κ1) is 25.9. The maximum Gasteiger partial charge on any atom is 0.412 e. The van der Waals surface area contributed by atoms with E-state index in [-0.39, 0.29) is 11.8 Å². The third-order valence-electron chi connectivity index (χ3n) is 5.13. The lowest BCUT2D eigenvalue weighted by Crippen LogP contribution is -2.45. The summed E-state index contributed by atoms with van der Waals surface area (Å²) in [4.78, 5) is 23.4. The van der Waals surface area contributed by atoms with Crippen molar-refractivity contribution in [3.05, 3.63) is 36.0 Å². The SMILES string of the molecule is CC[C@H]1COCCN1c1cc(CS(=O)(=O)OC)nc(-c2ccc(NC(=O)OC(C)(C)C)cc2)n1. The number of ether oxygens (including phenoxy) is 2. The summed E-state index contributed by atoms with van der Waals surface area (Å²) in [6.07, 6.45) is 0.305. The van der Waals surface area contributed by atoms with Crippen LogP contribution < -0.4 is 10.2 Å². The second kappa shape index (κ2) is 10.7. The molecule has 2 aromatic rings. The minimum atomic E-state index is -3.77. The van der Waals surface area contributed by atoms with Gasteiger partial charge in [-0.2, -0.15) is 8.42 Å². The molecule has 2 heterocycles. The molecule has 1 fully saturated rings. The molecule has 0 saturated carbocycles. The smallest absolute Gasteiger partial charge is 0.412 e. The van der Waals surface area contributed by atoms with E-state index in [0.29, 0.717) is 48.3 Å². The zero-order chi connectivity index (χ0) is 24.9. The molecule has 11 heteroatoms. The van der Waals surface area contributed by atoms with Gasteiger partial charge in [-0.15, -0.1) is 0 Å². The summed E-state index contributed by atoms with van der Waals surface area (Å²) >= 11 is 0. The average molecular weight is 493 g/mol. The van der Waals surface area contributed by atoms with Gasteiger partial charge in [0.05, 0.1) is 32.1 Å². The summed E-state index contributed by atoms with van der Waals surface area (Å²) in [5, 5.41) is 2.68. The molecule has 0 unspecified atom stereocenters. The number of hydrogen-bond acceptors (Lipinski definition) is 9. The largest absolute Gasteiger partial charge is 0.444 e. The van der Waals surface area contributed by atoms with Gasteiger partial charge in [-0.05, 0) is 51.5 Å². The first-order valence-electron chi connectivity index (χ1n) is 11.1. The van der Waals surface area contributed by atoms with Gasteiger partial charge in [-0.1, -0.05) is 6.92 Å². The Morgan fingerprint density at radius 1 is 1.24 bits per heavy atom. The van der Waals surface area contributed by atoms with Crippen LogP contribution in [0.15, 0.2) is 30.3 Å². The number of hydrogen-bond donors (Lipinski definition) is 1. The van der Waals surface area contributed by atoms with Crippen molar-refractivity contribution in [3.8, 4) is 11.4 Å². The Morgan fingerprint density at radius 3 is 2.56 bits per heavy atom. The van der Waals surface area contributed by atoms with Crippen LogP contribution in [0, 0.1) is 0 Å². The van der Waals surface area contributed by atoms with Gasteiger partial charge in [-0.25, -0.2) is 14.8 Å². The Morgan fingerprint density at radius 2 is 1.94 bits per heavy atom. The molecule has 1 aliphatic heterocycles. The van der Waals surface area contributed by atoms with E-state index in [1.807, 2.05) is 0 Å². The number of amides is 1. The summed E-state index contributed by atoms with van der Waals surface area (Å²) in [5.41, 5.74) is 0.955. The molecule has 0 aliphatic carbocycles. The Hall–Kier alpha value is -2.76. The molecule has 10 nitrogen and oxygen atoms in total. The van der Waals surface area contributed by atoms with Crippen LogP contribution in [-0.4, -0.2) is 63.0 Å². The predicted octanol–water partition coefficient (Wildman–Crippen LogP) is 3.58. The molecule has 1 amide bonds. The second-order valence-corrected chi connectivity index (χ2v) is 10.7. The number of carbonyl (C=O) groups is 1. The topological polar surface area (TPSA) is 120 Å². The van der Waals surface area contributed by atoms with Gasteiger partial charge in [0.2, 0.25) is 0 Å². The number of benzene rings is 1. The van der Waals surface area contributed by atoms with E-state index >= 15 is 0 Å². The highest BCUT2D eigenvalue weighted by atomic mass is 32.2. The maximum absolute atomic E-state index is 12.1. The molecule has 3 rings (SSSR count). The van der Waals surface area contributed by atoms with Gasteiger partial charge >= 0.3 is 6.09 Å². The van der Waals surface area contributed by atoms with Crippen molar-refractivity contribution in [3.63, 3.8) is 0 Å². The van der Waals surface area contributed by atoms with Crippen molar-refractivity contribution >= 4 is 27.7 Å². The van der Waals surface area contributed by atoms with Crippen LogP contribution in [0.3, 0.4) is 0 Å². The molecule has 1 aromatic heterocycles. The molecule has 1 aromatic carbocycles. The third kappa shape index (κ3) is 7.12. The van der Waals surface area contributed by atoms with Crippen LogP contribution >= 0.6 is 0 Å². The zero-order valence-electron chi connectivity index (χ0n) is 20.2. The second-order valence-electron chi connectivity index (χ2n) is 8.94. The highest BCUT2D eigenvalue weighted by molar-refractivity contribution is 7.85. The Labute approximate surface area is 200 Å². The fraction of sp³-hybridized carbons (Fsp3) is 0.522. The fourth-order valence-electron chi connectivity index (χ4n) is 3.49. The van der Waals surface area contributed by atoms with Gasteiger partial charge in [0.1, 0.15) is 17.2 Å². The van der Waals surface area contributed by atoms with Crippen molar-refractivity contribution in [1.29, 1.82) is 0 Å². The lowest BCUT2D eigenvalue weighted by Gasteiger charge is -2.36. The van der Waals surface area contributed by atoms with Gasteiger partial charge in [0.25, 0.3) is 10.1 Å². The minimum absolute atomic E-state index is 0.129. The number of carbonyl (C=O) groups excluding carboxylic acids is 1. The van der Waals surface area contributed by atoms with Gasteiger partial charge < -0.3 is 14.4 Å². The lowest BCUT2D eigenvalue weighted by atomic mass is 10.1. The zero-order valence-corrected chi connectivity index (χ0v) is 21.0. The molecule has 1 saturated heterocycles. The van der Waals surface area contributed by atoms with Crippen LogP contribution in [0.25, 0.3) is 11.4 Å². The Kier molecular flexibility index (Phi) is 8.11. The van der Waals surface area contributed by atoms with E-state index in [2.05, 4.69) is 26.3 Å². The van der Waals surface area contributed by atoms with Gasteiger partial charge in [-0.3, -0.25) is 9.50 Å². The standard InChI is InChI=1S/C23H32N4O6S/c1-6-19-14-32-12-11-27(19)20-13-18(15-34(29,30)31-5)24-21(26-20)16-7-9-17(10-8-16)25-22(28)33-23(2,3)4/h7-10,13,19H,6,11-12,14-15H2,1-5H3,(H,25,28)/t19-/m0/s1. The number of nitrogens with one attached hydrogen (secondary N) is 1. The molecule has 1 N–H and O–H groups in total. The Balaban J connectivity index is 1.92. The first-order chi connectivity index (χ1) is 16.0. The molecule has 0 radical (unpaired) electrons. The number of nitrogens with zero attached hydrogens (tertiary/aromatic N) is 3. The maximum atomic E-state index is 12.1. The molecule has 186 valence electrons. The summed E-state index contributed by atoms with van der Waals surface area (Å²) in [6.45, 7) is 9.22. The highest BCUT2D eigenvalue weighted by Gasteiger charge is 2.25. The van der Waals surface area contributed by atoms with E-state index in [4.69, 9.17) is 14.5 Å². The van der Waals surface area contributed by atoms with E-state index in [0.717, 1.165) is 13.5 Å².